The maximum Gasteiger partial charge on any atom is 0.319 e. The Kier molecular flexibility index (Phi) is 5.06. The summed E-state index contributed by atoms with van der Waals surface area (Å²) in [6.45, 7) is 4.23. The van der Waals surface area contributed by atoms with Crippen molar-refractivity contribution in [3.63, 3.8) is 0 Å². The quantitative estimate of drug-likeness (QED) is 0.774. The molecule has 2 aliphatic rings. The molecule has 1 atom stereocenters. The third kappa shape index (κ3) is 3.25. The zero-order chi connectivity index (χ0) is 17.1. The van der Waals surface area contributed by atoms with Gasteiger partial charge in [0.1, 0.15) is 0 Å². The highest BCUT2D eigenvalue weighted by atomic mass is 35.5. The van der Waals surface area contributed by atoms with E-state index in [1.165, 1.54) is 0 Å². The fourth-order valence-corrected chi connectivity index (χ4v) is 3.30. The van der Waals surface area contributed by atoms with E-state index in [1.54, 1.807) is 11.0 Å². The van der Waals surface area contributed by atoms with Crippen LogP contribution in [0.25, 0.3) is 0 Å². The Balaban J connectivity index is 1.80. The predicted molar refractivity (Wildman–Crippen MR) is 90.6 cm³/mol. The van der Waals surface area contributed by atoms with Gasteiger partial charge in [0.2, 0.25) is 0 Å². The van der Waals surface area contributed by atoms with Crippen molar-refractivity contribution in [2.24, 2.45) is 0 Å². The molecule has 0 aliphatic carbocycles. The van der Waals surface area contributed by atoms with Crippen molar-refractivity contribution in [1.82, 2.24) is 15.5 Å². The third-order valence-electron chi connectivity index (χ3n) is 4.16. The first kappa shape index (κ1) is 16.8. The number of carbonyl (C=O) groups excluding carboxylic acids is 2. The molecule has 2 N–H and O–H groups in total. The molecule has 24 heavy (non-hydrogen) atoms. The highest BCUT2D eigenvalue weighted by Gasteiger charge is 2.40. The molecular weight excluding hydrogens is 330 g/mol. The zero-order valence-electron chi connectivity index (χ0n) is 13.5. The number of carbonyl (C=O) groups is 2. The van der Waals surface area contributed by atoms with Crippen LogP contribution in [0.5, 0.6) is 0 Å². The number of hydrogen-bond donors (Lipinski definition) is 2. The van der Waals surface area contributed by atoms with Gasteiger partial charge in [-0.15, -0.1) is 0 Å². The Bertz CT molecular complexity index is 689. The lowest BCUT2D eigenvalue weighted by molar-refractivity contribution is -0.126. The maximum atomic E-state index is 12.8. The Morgan fingerprint density at radius 2 is 2.12 bits per heavy atom. The molecule has 6 nitrogen and oxygen atoms in total. The molecule has 0 saturated carbocycles. The molecular formula is C17H20ClN3O3. The number of hydrogen-bond acceptors (Lipinski definition) is 3. The molecule has 1 aromatic carbocycles. The van der Waals surface area contributed by atoms with Gasteiger partial charge in [-0.25, -0.2) is 4.79 Å². The van der Waals surface area contributed by atoms with Gasteiger partial charge >= 0.3 is 6.03 Å². The number of nitrogens with zero attached hydrogens (tertiary/aromatic N) is 1. The van der Waals surface area contributed by atoms with Crippen molar-refractivity contribution < 1.29 is 14.3 Å². The van der Waals surface area contributed by atoms with E-state index in [0.29, 0.717) is 42.6 Å². The second-order valence-electron chi connectivity index (χ2n) is 5.72. The van der Waals surface area contributed by atoms with Crippen LogP contribution in [0.15, 0.2) is 35.5 Å². The fourth-order valence-electron chi connectivity index (χ4n) is 3.05. The summed E-state index contributed by atoms with van der Waals surface area (Å²) in [5.41, 5.74) is 1.95. The van der Waals surface area contributed by atoms with E-state index in [4.69, 9.17) is 16.3 Å². The Hall–Kier alpha value is -2.05. The molecule has 0 saturated heterocycles. The van der Waals surface area contributed by atoms with Gasteiger partial charge in [0.25, 0.3) is 5.91 Å². The molecule has 7 heteroatoms. The van der Waals surface area contributed by atoms with Crippen LogP contribution in [-0.2, 0) is 9.53 Å². The lowest BCUT2D eigenvalue weighted by Gasteiger charge is -2.26. The van der Waals surface area contributed by atoms with Crippen LogP contribution in [0.3, 0.4) is 0 Å². The highest BCUT2D eigenvalue weighted by molar-refractivity contribution is 6.31. The SMILES string of the molecule is CCOCCCN1CC2=C(C1=O)[C@@H](c1ccccc1Cl)NC(=O)N2. The molecule has 0 unspecified atom stereocenters. The number of benzene rings is 1. The van der Waals surface area contributed by atoms with E-state index >= 15 is 0 Å². The standard InChI is InChI=1S/C17H20ClN3O3/c1-2-24-9-5-8-21-10-13-14(16(21)22)15(20-17(23)19-13)11-6-3-4-7-12(11)18/h3-4,6-7,15H,2,5,8-10H2,1H3,(H2,19,20,23)/t15-/m1/s1. The van der Waals surface area contributed by atoms with Crippen LogP contribution in [0.2, 0.25) is 5.02 Å². The van der Waals surface area contributed by atoms with Crippen LogP contribution in [0.1, 0.15) is 24.9 Å². The summed E-state index contributed by atoms with van der Waals surface area (Å²) < 4.78 is 5.32. The molecule has 3 amide bonds. The first-order chi connectivity index (χ1) is 11.6. The zero-order valence-corrected chi connectivity index (χ0v) is 14.2. The second-order valence-corrected chi connectivity index (χ2v) is 6.13. The van der Waals surface area contributed by atoms with Gasteiger partial charge < -0.3 is 20.3 Å². The highest BCUT2D eigenvalue weighted by Crippen LogP contribution is 2.35. The van der Waals surface area contributed by atoms with Crippen LogP contribution < -0.4 is 10.6 Å². The summed E-state index contributed by atoms with van der Waals surface area (Å²) in [4.78, 5) is 26.5. The summed E-state index contributed by atoms with van der Waals surface area (Å²) >= 11 is 6.26. The first-order valence-electron chi connectivity index (χ1n) is 8.03. The second kappa shape index (κ2) is 7.23. The molecule has 0 fully saturated rings. The van der Waals surface area contributed by atoms with Crippen LogP contribution in [0.4, 0.5) is 4.79 Å². The Morgan fingerprint density at radius 1 is 1.33 bits per heavy atom. The predicted octanol–water partition coefficient (Wildman–Crippen LogP) is 2.22. The van der Waals surface area contributed by atoms with Crippen molar-refractivity contribution in [2.45, 2.75) is 19.4 Å². The summed E-state index contributed by atoms with van der Waals surface area (Å²) in [6, 6.07) is 6.41. The molecule has 128 valence electrons. The average Bonchev–Trinajstić information content (AvgIpc) is 2.87. The monoisotopic (exact) mass is 349 g/mol. The summed E-state index contributed by atoms with van der Waals surface area (Å²) in [6.07, 6.45) is 0.762. The van der Waals surface area contributed by atoms with Gasteiger partial charge in [-0.05, 0) is 25.0 Å². The molecule has 0 bridgehead atoms. The molecule has 0 aromatic heterocycles. The van der Waals surface area contributed by atoms with Crippen LogP contribution >= 0.6 is 11.6 Å². The van der Waals surface area contributed by atoms with Crippen LogP contribution in [-0.4, -0.2) is 43.1 Å². The summed E-state index contributed by atoms with van der Waals surface area (Å²) in [5.74, 6) is -0.0704. The number of ether oxygens (including phenoxy) is 1. The largest absolute Gasteiger partial charge is 0.382 e. The molecule has 1 aromatic rings. The Labute approximate surface area is 145 Å². The number of halogens is 1. The third-order valence-corrected chi connectivity index (χ3v) is 4.50. The van der Waals surface area contributed by atoms with Crippen molar-refractivity contribution in [1.29, 1.82) is 0 Å². The van der Waals surface area contributed by atoms with E-state index in [1.807, 2.05) is 25.1 Å². The normalized spacial score (nSPS) is 20.1. The van der Waals surface area contributed by atoms with Gasteiger partial charge in [0, 0.05) is 24.8 Å². The molecule has 0 spiro atoms. The van der Waals surface area contributed by atoms with Gasteiger partial charge in [0.05, 0.1) is 23.9 Å². The molecule has 2 aliphatic heterocycles. The van der Waals surface area contributed by atoms with E-state index < -0.39 is 6.04 Å². The van der Waals surface area contributed by atoms with E-state index in [-0.39, 0.29) is 11.9 Å². The topological polar surface area (TPSA) is 70.7 Å². The lowest BCUT2D eigenvalue weighted by atomic mass is 9.96. The van der Waals surface area contributed by atoms with Crippen molar-refractivity contribution in [3.8, 4) is 0 Å². The fraction of sp³-hybridized carbons (Fsp3) is 0.412. The average molecular weight is 350 g/mol. The minimum Gasteiger partial charge on any atom is -0.382 e. The summed E-state index contributed by atoms with van der Waals surface area (Å²) in [7, 11) is 0. The molecule has 2 heterocycles. The van der Waals surface area contributed by atoms with Gasteiger partial charge in [0.15, 0.2) is 0 Å². The Morgan fingerprint density at radius 3 is 2.88 bits per heavy atom. The number of amides is 3. The van der Waals surface area contributed by atoms with Gasteiger partial charge in [-0.2, -0.15) is 0 Å². The first-order valence-corrected chi connectivity index (χ1v) is 8.41. The van der Waals surface area contributed by atoms with Gasteiger partial charge in [-0.3, -0.25) is 4.79 Å². The number of urea groups is 1. The number of nitrogens with one attached hydrogen (secondary N) is 2. The number of rotatable bonds is 6. The lowest BCUT2D eigenvalue weighted by Crippen LogP contribution is -2.44. The van der Waals surface area contributed by atoms with Crippen molar-refractivity contribution in [3.05, 3.63) is 46.1 Å². The van der Waals surface area contributed by atoms with E-state index in [9.17, 15) is 9.59 Å². The molecule has 0 radical (unpaired) electrons. The van der Waals surface area contributed by atoms with Crippen molar-refractivity contribution >= 4 is 23.5 Å². The summed E-state index contributed by atoms with van der Waals surface area (Å²) in [5, 5.41) is 6.09. The smallest absolute Gasteiger partial charge is 0.319 e. The van der Waals surface area contributed by atoms with E-state index in [2.05, 4.69) is 10.6 Å². The van der Waals surface area contributed by atoms with E-state index in [0.717, 1.165) is 12.0 Å². The minimum absolute atomic E-state index is 0.0704. The van der Waals surface area contributed by atoms with Gasteiger partial charge in [-0.1, -0.05) is 29.8 Å². The van der Waals surface area contributed by atoms with Crippen LogP contribution in [0, 0.1) is 0 Å². The van der Waals surface area contributed by atoms with Crippen molar-refractivity contribution in [2.75, 3.05) is 26.3 Å². The molecule has 3 rings (SSSR count). The minimum atomic E-state index is -0.521. The maximum absolute atomic E-state index is 12.8.